The molecule has 5 heteroatoms. The Morgan fingerprint density at radius 3 is 2.86 bits per heavy atom. The average Bonchev–Trinajstić information content (AvgIpc) is 2.65. The molecule has 0 N–H and O–H groups in total. The topological polar surface area (TPSA) is 46.1 Å². The van der Waals surface area contributed by atoms with Gasteiger partial charge in [-0.2, -0.15) is 0 Å². The molecule has 114 valence electrons. The van der Waals surface area contributed by atoms with Gasteiger partial charge in [0.15, 0.2) is 0 Å². The molecule has 0 saturated carbocycles. The van der Waals surface area contributed by atoms with E-state index in [9.17, 15) is 4.79 Å². The van der Waals surface area contributed by atoms with Gasteiger partial charge in [0.1, 0.15) is 5.82 Å². The van der Waals surface area contributed by atoms with Crippen molar-refractivity contribution in [1.29, 1.82) is 0 Å². The van der Waals surface area contributed by atoms with Crippen molar-refractivity contribution in [3.8, 4) is 0 Å². The van der Waals surface area contributed by atoms with Gasteiger partial charge < -0.3 is 4.90 Å². The number of anilines is 1. The number of aromatic nitrogens is 2. The Balaban J connectivity index is 2.02. The molecule has 0 radical (unpaired) electrons. The number of para-hydroxylation sites is 1. The van der Waals surface area contributed by atoms with Crippen molar-refractivity contribution in [2.24, 2.45) is 0 Å². The summed E-state index contributed by atoms with van der Waals surface area (Å²) >= 11 is 1.83. The minimum Gasteiger partial charge on any atom is -0.307 e. The van der Waals surface area contributed by atoms with E-state index in [0.717, 1.165) is 29.2 Å². The van der Waals surface area contributed by atoms with Crippen LogP contribution in [-0.4, -0.2) is 27.7 Å². The number of aryl methyl sites for hydroxylation is 2. The SMILES string of the molecule is Cc1ncc(C(=O)N2CC[C@H](C)Sc3ccccc32)c(C)n1. The fourth-order valence-corrected chi connectivity index (χ4v) is 3.75. The number of carbonyl (C=O) groups is 1. The van der Waals surface area contributed by atoms with E-state index in [1.165, 1.54) is 0 Å². The van der Waals surface area contributed by atoms with Gasteiger partial charge in [-0.3, -0.25) is 4.79 Å². The van der Waals surface area contributed by atoms with Crippen LogP contribution in [0.15, 0.2) is 35.4 Å². The van der Waals surface area contributed by atoms with Gasteiger partial charge in [0, 0.05) is 22.9 Å². The monoisotopic (exact) mass is 313 g/mol. The van der Waals surface area contributed by atoms with Crippen LogP contribution in [-0.2, 0) is 0 Å². The van der Waals surface area contributed by atoms with Crippen LogP contribution in [0.4, 0.5) is 5.69 Å². The average molecular weight is 313 g/mol. The number of rotatable bonds is 1. The summed E-state index contributed by atoms with van der Waals surface area (Å²) in [4.78, 5) is 24.5. The lowest BCUT2D eigenvalue weighted by Crippen LogP contribution is -2.33. The highest BCUT2D eigenvalue weighted by atomic mass is 32.2. The Hall–Kier alpha value is -1.88. The Morgan fingerprint density at radius 1 is 1.32 bits per heavy atom. The van der Waals surface area contributed by atoms with Crippen molar-refractivity contribution in [2.45, 2.75) is 37.3 Å². The molecule has 0 aliphatic carbocycles. The minimum atomic E-state index is -0.0142. The number of hydrogen-bond donors (Lipinski definition) is 0. The number of hydrogen-bond acceptors (Lipinski definition) is 4. The fourth-order valence-electron chi connectivity index (χ4n) is 2.64. The number of nitrogens with zero attached hydrogens (tertiary/aromatic N) is 3. The maximum Gasteiger partial charge on any atom is 0.261 e. The first-order valence-electron chi connectivity index (χ1n) is 7.44. The largest absolute Gasteiger partial charge is 0.307 e. The zero-order chi connectivity index (χ0) is 15.7. The summed E-state index contributed by atoms with van der Waals surface area (Å²) in [6, 6.07) is 8.10. The fraction of sp³-hybridized carbons (Fsp3) is 0.353. The first-order valence-corrected chi connectivity index (χ1v) is 8.32. The molecule has 1 aliphatic rings. The molecule has 0 bridgehead atoms. The zero-order valence-electron chi connectivity index (χ0n) is 13.0. The summed E-state index contributed by atoms with van der Waals surface area (Å²) in [5, 5.41) is 0.495. The number of benzene rings is 1. The standard InChI is InChI=1S/C17H19N3OS/c1-11-8-9-20(15-6-4-5-7-16(15)22-11)17(21)14-10-18-13(3)19-12(14)2/h4-7,10-11H,8-9H2,1-3H3/t11-/m0/s1. The lowest BCUT2D eigenvalue weighted by molar-refractivity contribution is 0.0985. The molecule has 1 aliphatic heterocycles. The van der Waals surface area contributed by atoms with E-state index in [4.69, 9.17) is 0 Å². The number of thioether (sulfide) groups is 1. The Labute approximate surface area is 135 Å². The van der Waals surface area contributed by atoms with E-state index < -0.39 is 0 Å². The van der Waals surface area contributed by atoms with Gasteiger partial charge in [-0.15, -0.1) is 11.8 Å². The second-order valence-corrected chi connectivity index (χ2v) is 7.04. The molecule has 22 heavy (non-hydrogen) atoms. The van der Waals surface area contributed by atoms with Crippen molar-refractivity contribution < 1.29 is 4.79 Å². The van der Waals surface area contributed by atoms with Gasteiger partial charge in [0.2, 0.25) is 0 Å². The van der Waals surface area contributed by atoms with Gasteiger partial charge >= 0.3 is 0 Å². The van der Waals surface area contributed by atoms with Crippen molar-refractivity contribution in [1.82, 2.24) is 9.97 Å². The minimum absolute atomic E-state index is 0.0142. The van der Waals surface area contributed by atoms with Gasteiger partial charge in [-0.25, -0.2) is 9.97 Å². The van der Waals surface area contributed by atoms with Crippen molar-refractivity contribution in [3.05, 3.63) is 47.5 Å². The van der Waals surface area contributed by atoms with Crippen molar-refractivity contribution >= 4 is 23.4 Å². The lowest BCUT2D eigenvalue weighted by atomic mass is 10.1. The molecule has 3 rings (SSSR count). The Kier molecular flexibility index (Phi) is 4.16. The quantitative estimate of drug-likeness (QED) is 0.806. The Morgan fingerprint density at radius 2 is 2.09 bits per heavy atom. The van der Waals surface area contributed by atoms with Gasteiger partial charge in [-0.05, 0) is 32.4 Å². The summed E-state index contributed by atoms with van der Waals surface area (Å²) in [6.07, 6.45) is 2.61. The van der Waals surface area contributed by atoms with Crippen LogP contribution in [0.3, 0.4) is 0 Å². The molecular weight excluding hydrogens is 294 g/mol. The third kappa shape index (κ3) is 2.86. The smallest absolute Gasteiger partial charge is 0.261 e. The molecule has 1 aromatic heterocycles. The second-order valence-electron chi connectivity index (χ2n) is 5.56. The highest BCUT2D eigenvalue weighted by Crippen LogP contribution is 2.37. The first-order chi connectivity index (χ1) is 10.6. The highest BCUT2D eigenvalue weighted by molar-refractivity contribution is 8.00. The van der Waals surface area contributed by atoms with Gasteiger partial charge in [0.25, 0.3) is 5.91 Å². The summed E-state index contributed by atoms with van der Waals surface area (Å²) in [6.45, 7) is 6.62. The van der Waals surface area contributed by atoms with Gasteiger partial charge in [0.05, 0.1) is 16.9 Å². The van der Waals surface area contributed by atoms with Crippen LogP contribution in [0, 0.1) is 13.8 Å². The lowest BCUT2D eigenvalue weighted by Gasteiger charge is -2.23. The molecule has 0 fully saturated rings. The van der Waals surface area contributed by atoms with Crippen molar-refractivity contribution in [2.75, 3.05) is 11.4 Å². The maximum atomic E-state index is 13.0. The predicted octanol–water partition coefficient (Wildman–Crippen LogP) is 3.62. The predicted molar refractivity (Wildman–Crippen MR) is 89.6 cm³/mol. The molecule has 1 atom stereocenters. The third-order valence-electron chi connectivity index (χ3n) is 3.82. The van der Waals surface area contributed by atoms with E-state index in [0.29, 0.717) is 16.6 Å². The molecule has 2 aromatic rings. The van der Waals surface area contributed by atoms with Crippen LogP contribution in [0.1, 0.15) is 35.2 Å². The molecule has 0 saturated heterocycles. The number of amides is 1. The van der Waals surface area contributed by atoms with Crippen LogP contribution in [0.2, 0.25) is 0 Å². The number of carbonyl (C=O) groups excluding carboxylic acids is 1. The number of fused-ring (bicyclic) bond motifs is 1. The zero-order valence-corrected chi connectivity index (χ0v) is 13.9. The van der Waals surface area contributed by atoms with E-state index in [2.05, 4.69) is 23.0 Å². The van der Waals surface area contributed by atoms with Crippen LogP contribution in [0.25, 0.3) is 0 Å². The van der Waals surface area contributed by atoms with E-state index in [1.807, 2.05) is 48.7 Å². The summed E-state index contributed by atoms with van der Waals surface area (Å²) < 4.78 is 0. The van der Waals surface area contributed by atoms with Crippen LogP contribution < -0.4 is 4.90 Å². The van der Waals surface area contributed by atoms with Crippen LogP contribution >= 0.6 is 11.8 Å². The summed E-state index contributed by atoms with van der Waals surface area (Å²) in [7, 11) is 0. The molecule has 0 spiro atoms. The molecule has 2 heterocycles. The molecule has 1 amide bonds. The maximum absolute atomic E-state index is 13.0. The van der Waals surface area contributed by atoms with Crippen molar-refractivity contribution in [3.63, 3.8) is 0 Å². The summed E-state index contributed by atoms with van der Waals surface area (Å²) in [5.41, 5.74) is 2.31. The highest BCUT2D eigenvalue weighted by Gasteiger charge is 2.26. The van der Waals surface area contributed by atoms with E-state index >= 15 is 0 Å². The normalized spacial score (nSPS) is 17.8. The first kappa shape index (κ1) is 15.0. The molecule has 4 nitrogen and oxygen atoms in total. The third-order valence-corrected chi connectivity index (χ3v) is 5.06. The molecule has 0 unspecified atom stereocenters. The van der Waals surface area contributed by atoms with Crippen LogP contribution in [0.5, 0.6) is 0 Å². The van der Waals surface area contributed by atoms with E-state index in [-0.39, 0.29) is 5.91 Å². The van der Waals surface area contributed by atoms with Gasteiger partial charge in [-0.1, -0.05) is 19.1 Å². The molecular formula is C17H19N3OS. The molecule has 1 aromatic carbocycles. The second kappa shape index (κ2) is 6.08. The van der Waals surface area contributed by atoms with E-state index in [1.54, 1.807) is 6.20 Å². The summed E-state index contributed by atoms with van der Waals surface area (Å²) in [5.74, 6) is 0.675. The Bertz CT molecular complexity index is 717.